The molecule has 1 aromatic carbocycles. The van der Waals surface area contributed by atoms with Crippen molar-refractivity contribution in [2.45, 2.75) is 24.9 Å². The van der Waals surface area contributed by atoms with Gasteiger partial charge in [-0.05, 0) is 25.5 Å². The first-order chi connectivity index (χ1) is 7.33. The molecule has 1 saturated heterocycles. The Bertz CT molecular complexity index is 327. The predicted octanol–water partition coefficient (Wildman–Crippen LogP) is 1.45. The summed E-state index contributed by atoms with van der Waals surface area (Å²) < 4.78 is 5.35. The highest BCUT2D eigenvalue weighted by molar-refractivity contribution is 5.37. The van der Waals surface area contributed by atoms with Gasteiger partial charge in [0.2, 0.25) is 0 Å². The van der Waals surface area contributed by atoms with E-state index < -0.39 is 0 Å². The summed E-state index contributed by atoms with van der Waals surface area (Å²) in [4.78, 5) is 0. The second-order valence-corrected chi connectivity index (χ2v) is 3.98. The maximum Gasteiger partial charge on any atom is 0.123 e. The number of hydrogen-bond donors (Lipinski definition) is 2. The molecule has 2 atom stereocenters. The molecule has 0 aromatic heterocycles. The van der Waals surface area contributed by atoms with Gasteiger partial charge in [0, 0.05) is 11.6 Å². The lowest BCUT2D eigenvalue weighted by atomic mass is 9.92. The zero-order valence-electron chi connectivity index (χ0n) is 9.07. The first-order valence-corrected chi connectivity index (χ1v) is 5.45. The molecule has 1 heterocycles. The smallest absolute Gasteiger partial charge is 0.123 e. The molecule has 3 N–H and O–H groups in total. The largest absolute Gasteiger partial charge is 0.496 e. The van der Waals surface area contributed by atoms with Crippen LogP contribution in [0.3, 0.4) is 0 Å². The van der Waals surface area contributed by atoms with Crippen molar-refractivity contribution in [1.82, 2.24) is 5.32 Å². The Balaban J connectivity index is 2.26. The molecule has 0 saturated carbocycles. The van der Waals surface area contributed by atoms with Gasteiger partial charge in [-0.25, -0.2) is 0 Å². The summed E-state index contributed by atoms with van der Waals surface area (Å²) in [6, 6.07) is 8.50. The molecule has 82 valence electrons. The van der Waals surface area contributed by atoms with Crippen LogP contribution >= 0.6 is 0 Å². The SMILES string of the molecule is COc1ccccc1C1NCCCC1N. The van der Waals surface area contributed by atoms with Crippen molar-refractivity contribution in [2.24, 2.45) is 5.73 Å². The van der Waals surface area contributed by atoms with E-state index in [4.69, 9.17) is 10.5 Å². The second kappa shape index (κ2) is 4.64. The number of para-hydroxylation sites is 1. The Labute approximate surface area is 90.6 Å². The van der Waals surface area contributed by atoms with E-state index in [0.29, 0.717) is 0 Å². The van der Waals surface area contributed by atoms with E-state index in [-0.39, 0.29) is 12.1 Å². The summed E-state index contributed by atoms with van der Waals surface area (Å²) in [5.74, 6) is 0.923. The van der Waals surface area contributed by atoms with Gasteiger partial charge >= 0.3 is 0 Å². The molecule has 0 bridgehead atoms. The monoisotopic (exact) mass is 206 g/mol. The van der Waals surface area contributed by atoms with Crippen molar-refractivity contribution in [2.75, 3.05) is 13.7 Å². The second-order valence-electron chi connectivity index (χ2n) is 3.98. The number of rotatable bonds is 2. The predicted molar refractivity (Wildman–Crippen MR) is 60.9 cm³/mol. The Kier molecular flexibility index (Phi) is 3.23. The third-order valence-corrected chi connectivity index (χ3v) is 2.98. The zero-order valence-corrected chi connectivity index (χ0v) is 9.07. The summed E-state index contributed by atoms with van der Waals surface area (Å²) in [7, 11) is 1.70. The molecule has 0 radical (unpaired) electrons. The maximum absolute atomic E-state index is 6.12. The Morgan fingerprint density at radius 2 is 2.20 bits per heavy atom. The van der Waals surface area contributed by atoms with Gasteiger partial charge in [-0.1, -0.05) is 18.2 Å². The molecule has 1 aromatic rings. The molecular formula is C12H18N2O. The summed E-state index contributed by atoms with van der Waals surface area (Å²) in [5, 5.41) is 3.45. The molecule has 2 unspecified atom stereocenters. The van der Waals surface area contributed by atoms with E-state index in [1.54, 1.807) is 7.11 Å². The Morgan fingerprint density at radius 1 is 1.40 bits per heavy atom. The average Bonchev–Trinajstić information content (AvgIpc) is 2.30. The van der Waals surface area contributed by atoms with Crippen molar-refractivity contribution in [3.63, 3.8) is 0 Å². The van der Waals surface area contributed by atoms with Crippen LogP contribution in [0.1, 0.15) is 24.4 Å². The highest BCUT2D eigenvalue weighted by atomic mass is 16.5. The highest BCUT2D eigenvalue weighted by Crippen LogP contribution is 2.29. The van der Waals surface area contributed by atoms with Crippen molar-refractivity contribution in [3.05, 3.63) is 29.8 Å². The molecule has 3 nitrogen and oxygen atoms in total. The molecule has 1 aliphatic heterocycles. The molecular weight excluding hydrogens is 188 g/mol. The summed E-state index contributed by atoms with van der Waals surface area (Å²) in [6.07, 6.45) is 2.24. The normalized spacial score (nSPS) is 26.3. The van der Waals surface area contributed by atoms with E-state index in [0.717, 1.165) is 25.1 Å². The van der Waals surface area contributed by atoms with Crippen LogP contribution in [-0.4, -0.2) is 19.7 Å². The molecule has 0 aliphatic carbocycles. The van der Waals surface area contributed by atoms with Gasteiger partial charge < -0.3 is 15.8 Å². The van der Waals surface area contributed by atoms with Crippen molar-refractivity contribution in [1.29, 1.82) is 0 Å². The lowest BCUT2D eigenvalue weighted by Crippen LogP contribution is -2.42. The zero-order chi connectivity index (χ0) is 10.7. The molecule has 2 rings (SSSR count). The highest BCUT2D eigenvalue weighted by Gasteiger charge is 2.24. The fraction of sp³-hybridized carbons (Fsp3) is 0.500. The number of benzene rings is 1. The van der Waals surface area contributed by atoms with Crippen LogP contribution in [0.25, 0.3) is 0 Å². The number of ether oxygens (including phenoxy) is 1. The summed E-state index contributed by atoms with van der Waals surface area (Å²) >= 11 is 0. The number of methoxy groups -OCH3 is 1. The van der Waals surface area contributed by atoms with Crippen LogP contribution < -0.4 is 15.8 Å². The minimum absolute atomic E-state index is 0.190. The molecule has 15 heavy (non-hydrogen) atoms. The van der Waals surface area contributed by atoms with Gasteiger partial charge in [0.1, 0.15) is 5.75 Å². The number of hydrogen-bond acceptors (Lipinski definition) is 3. The minimum Gasteiger partial charge on any atom is -0.496 e. The van der Waals surface area contributed by atoms with E-state index in [1.165, 1.54) is 5.56 Å². The number of piperidine rings is 1. The van der Waals surface area contributed by atoms with Crippen LogP contribution in [-0.2, 0) is 0 Å². The molecule has 1 fully saturated rings. The lowest BCUT2D eigenvalue weighted by Gasteiger charge is -2.31. The maximum atomic E-state index is 6.12. The van der Waals surface area contributed by atoms with Crippen LogP contribution in [0.5, 0.6) is 5.75 Å². The van der Waals surface area contributed by atoms with E-state index >= 15 is 0 Å². The summed E-state index contributed by atoms with van der Waals surface area (Å²) in [6.45, 7) is 1.04. The van der Waals surface area contributed by atoms with Gasteiger partial charge in [-0.3, -0.25) is 0 Å². The lowest BCUT2D eigenvalue weighted by molar-refractivity contribution is 0.340. The van der Waals surface area contributed by atoms with E-state index in [1.807, 2.05) is 18.2 Å². The van der Waals surface area contributed by atoms with E-state index in [9.17, 15) is 0 Å². The number of nitrogens with one attached hydrogen (secondary N) is 1. The quantitative estimate of drug-likeness (QED) is 0.770. The van der Waals surface area contributed by atoms with Crippen molar-refractivity contribution < 1.29 is 4.74 Å². The minimum atomic E-state index is 0.190. The topological polar surface area (TPSA) is 47.3 Å². The van der Waals surface area contributed by atoms with E-state index in [2.05, 4.69) is 11.4 Å². The van der Waals surface area contributed by atoms with Crippen LogP contribution in [0.2, 0.25) is 0 Å². The number of nitrogens with two attached hydrogens (primary N) is 1. The van der Waals surface area contributed by atoms with Crippen molar-refractivity contribution >= 4 is 0 Å². The molecule has 0 amide bonds. The average molecular weight is 206 g/mol. The van der Waals surface area contributed by atoms with Crippen molar-refractivity contribution in [3.8, 4) is 5.75 Å². The molecule has 1 aliphatic rings. The van der Waals surface area contributed by atoms with Gasteiger partial charge in [-0.15, -0.1) is 0 Å². The summed E-state index contributed by atoms with van der Waals surface area (Å²) in [5.41, 5.74) is 7.29. The molecule has 3 heteroatoms. The fourth-order valence-electron chi connectivity index (χ4n) is 2.18. The Hall–Kier alpha value is -1.06. The van der Waals surface area contributed by atoms with Gasteiger partial charge in [0.15, 0.2) is 0 Å². The first-order valence-electron chi connectivity index (χ1n) is 5.45. The van der Waals surface area contributed by atoms with Gasteiger partial charge in [-0.2, -0.15) is 0 Å². The third kappa shape index (κ3) is 2.13. The van der Waals surface area contributed by atoms with Crippen LogP contribution in [0.15, 0.2) is 24.3 Å². The molecule has 0 spiro atoms. The van der Waals surface area contributed by atoms with Crippen LogP contribution in [0.4, 0.5) is 0 Å². The standard InChI is InChI=1S/C12H18N2O/c1-15-11-7-3-2-5-9(11)12-10(13)6-4-8-14-12/h2-3,5,7,10,12,14H,4,6,8,13H2,1H3. The van der Waals surface area contributed by atoms with Gasteiger partial charge in [0.25, 0.3) is 0 Å². The third-order valence-electron chi connectivity index (χ3n) is 2.98. The Morgan fingerprint density at radius 3 is 2.93 bits per heavy atom. The fourth-order valence-corrected chi connectivity index (χ4v) is 2.18. The van der Waals surface area contributed by atoms with Crippen LogP contribution in [0, 0.1) is 0 Å². The first kappa shape index (κ1) is 10.5. The van der Waals surface area contributed by atoms with Gasteiger partial charge in [0.05, 0.1) is 13.2 Å².